The van der Waals surface area contributed by atoms with E-state index in [0.717, 1.165) is 24.2 Å². The molecule has 0 bridgehead atoms. The van der Waals surface area contributed by atoms with E-state index >= 15 is 0 Å². The third kappa shape index (κ3) is 4.42. The Morgan fingerprint density at radius 2 is 1.46 bits per heavy atom. The Morgan fingerprint density at radius 1 is 0.744 bits per heavy atom. The number of allylic oxidation sites excluding steroid dienone is 5. The van der Waals surface area contributed by atoms with Crippen LogP contribution in [0.25, 0.3) is 28.2 Å². The Labute approximate surface area is 230 Å². The molecule has 0 spiro atoms. The minimum absolute atomic E-state index is 0.415. The van der Waals surface area contributed by atoms with Crippen molar-refractivity contribution < 1.29 is 0 Å². The molecule has 2 nitrogen and oxygen atoms in total. The van der Waals surface area contributed by atoms with Gasteiger partial charge in [0.2, 0.25) is 0 Å². The lowest BCUT2D eigenvalue weighted by Crippen LogP contribution is -2.09. The zero-order valence-electron chi connectivity index (χ0n) is 22.2. The van der Waals surface area contributed by atoms with Crippen molar-refractivity contribution in [1.29, 1.82) is 0 Å². The van der Waals surface area contributed by atoms with Gasteiger partial charge in [0.1, 0.15) is 0 Å². The van der Waals surface area contributed by atoms with Crippen LogP contribution in [0.4, 0.5) is 11.4 Å². The van der Waals surface area contributed by atoms with E-state index < -0.39 is 0 Å². The number of nitrogens with one attached hydrogen (secondary N) is 1. The summed E-state index contributed by atoms with van der Waals surface area (Å²) in [6, 6.07) is 37.3. The fourth-order valence-corrected chi connectivity index (χ4v) is 6.21. The van der Waals surface area contributed by atoms with E-state index in [4.69, 9.17) is 0 Å². The molecule has 2 aliphatic rings. The number of rotatable bonds is 5. The maximum absolute atomic E-state index is 3.58. The van der Waals surface area contributed by atoms with Gasteiger partial charge in [0.15, 0.2) is 0 Å². The summed E-state index contributed by atoms with van der Waals surface area (Å²) in [5.41, 5.74) is 11.6. The van der Waals surface area contributed by atoms with Crippen molar-refractivity contribution >= 4 is 33.9 Å². The fraction of sp³-hybridized carbons (Fsp3) is 0.135. The van der Waals surface area contributed by atoms with E-state index in [9.17, 15) is 0 Å². The van der Waals surface area contributed by atoms with Gasteiger partial charge in [-0.05, 0) is 78.1 Å². The summed E-state index contributed by atoms with van der Waals surface area (Å²) in [5, 5.41) is 4.90. The van der Waals surface area contributed by atoms with E-state index in [1.54, 1.807) is 0 Å². The van der Waals surface area contributed by atoms with Crippen molar-refractivity contribution in [3.8, 4) is 5.69 Å². The average molecular weight is 505 g/mol. The number of benzene rings is 4. The van der Waals surface area contributed by atoms with Gasteiger partial charge in [-0.15, -0.1) is 0 Å². The maximum atomic E-state index is 3.58. The van der Waals surface area contributed by atoms with Crippen LogP contribution in [0.15, 0.2) is 127 Å². The summed E-state index contributed by atoms with van der Waals surface area (Å²) in [5.74, 6) is 0.898. The van der Waals surface area contributed by atoms with E-state index in [-0.39, 0.29) is 0 Å². The number of aromatic nitrogens is 1. The lowest BCUT2D eigenvalue weighted by molar-refractivity contribution is 0.733. The number of hydrogen-bond donors (Lipinski definition) is 1. The quantitative estimate of drug-likeness (QED) is 0.252. The van der Waals surface area contributed by atoms with E-state index in [0.29, 0.717) is 11.8 Å². The summed E-state index contributed by atoms with van der Waals surface area (Å²) < 4.78 is 2.46. The van der Waals surface area contributed by atoms with Crippen LogP contribution in [0, 0.1) is 0 Å². The molecule has 0 saturated heterocycles. The Bertz CT molecular complexity index is 1710. The SMILES string of the molecule is CC1CC(c2ccc(Nc3ccc(C4C=CC=CC4)cc3)cc2)=Cc2c1n(-c1ccccc1)c1ccccc21. The van der Waals surface area contributed by atoms with Gasteiger partial charge < -0.3 is 9.88 Å². The van der Waals surface area contributed by atoms with Crippen molar-refractivity contribution in [2.45, 2.75) is 31.6 Å². The van der Waals surface area contributed by atoms with Crippen molar-refractivity contribution in [3.63, 3.8) is 0 Å². The monoisotopic (exact) mass is 504 g/mol. The number of anilines is 2. The first-order chi connectivity index (χ1) is 19.2. The average Bonchev–Trinajstić information content (AvgIpc) is 3.34. The first-order valence-corrected chi connectivity index (χ1v) is 13.9. The second kappa shape index (κ2) is 9.96. The molecule has 4 aromatic carbocycles. The highest BCUT2D eigenvalue weighted by Crippen LogP contribution is 2.44. The number of nitrogens with zero attached hydrogens (tertiary/aromatic N) is 1. The summed E-state index contributed by atoms with van der Waals surface area (Å²) in [6.45, 7) is 2.36. The smallest absolute Gasteiger partial charge is 0.0537 e. The third-order valence-corrected chi connectivity index (χ3v) is 8.14. The topological polar surface area (TPSA) is 17.0 Å². The summed E-state index contributed by atoms with van der Waals surface area (Å²) in [4.78, 5) is 0. The minimum atomic E-state index is 0.415. The molecule has 2 atom stereocenters. The van der Waals surface area contributed by atoms with Crippen LogP contribution in [0.5, 0.6) is 0 Å². The highest BCUT2D eigenvalue weighted by molar-refractivity contribution is 5.99. The Balaban J connectivity index is 1.17. The maximum Gasteiger partial charge on any atom is 0.0537 e. The van der Waals surface area contributed by atoms with Gasteiger partial charge in [-0.3, -0.25) is 0 Å². The molecular weight excluding hydrogens is 472 g/mol. The lowest BCUT2D eigenvalue weighted by Gasteiger charge is -2.24. The number of fused-ring (bicyclic) bond motifs is 3. The summed E-state index contributed by atoms with van der Waals surface area (Å²) >= 11 is 0. The molecule has 1 N–H and O–H groups in total. The Kier molecular flexibility index (Phi) is 6.01. The van der Waals surface area contributed by atoms with Gasteiger partial charge in [-0.25, -0.2) is 0 Å². The van der Waals surface area contributed by atoms with E-state index in [1.807, 2.05) is 0 Å². The highest BCUT2D eigenvalue weighted by Gasteiger charge is 2.26. The van der Waals surface area contributed by atoms with Crippen LogP contribution in [-0.2, 0) is 0 Å². The molecule has 0 aliphatic heterocycles. The predicted octanol–water partition coefficient (Wildman–Crippen LogP) is 10.0. The lowest BCUT2D eigenvalue weighted by atomic mass is 9.85. The van der Waals surface area contributed by atoms with Gasteiger partial charge in [-0.1, -0.05) is 91.9 Å². The molecule has 0 fully saturated rings. The first kappa shape index (κ1) is 23.5. The molecular formula is C37H32N2. The highest BCUT2D eigenvalue weighted by atomic mass is 15.0. The fourth-order valence-electron chi connectivity index (χ4n) is 6.21. The molecule has 5 aromatic rings. The molecule has 1 aromatic heterocycles. The molecule has 0 radical (unpaired) electrons. The van der Waals surface area contributed by atoms with Crippen molar-refractivity contribution in [1.82, 2.24) is 4.57 Å². The molecule has 0 saturated carbocycles. The largest absolute Gasteiger partial charge is 0.356 e. The van der Waals surface area contributed by atoms with Crippen LogP contribution in [-0.4, -0.2) is 4.57 Å². The van der Waals surface area contributed by atoms with Gasteiger partial charge >= 0.3 is 0 Å². The summed E-state index contributed by atoms with van der Waals surface area (Å²) in [6.07, 6.45) is 13.3. The molecule has 2 unspecified atom stereocenters. The van der Waals surface area contributed by atoms with Crippen molar-refractivity contribution in [2.75, 3.05) is 5.32 Å². The molecule has 7 rings (SSSR count). The zero-order valence-corrected chi connectivity index (χ0v) is 22.2. The minimum Gasteiger partial charge on any atom is -0.356 e. The number of hydrogen-bond acceptors (Lipinski definition) is 1. The Morgan fingerprint density at radius 3 is 2.21 bits per heavy atom. The molecule has 1 heterocycles. The standard InChI is InChI=1S/C37H32N2/c1-26-24-30(25-35-34-14-8-9-15-36(34)39(37(26)35)33-12-6-3-7-13-33)29-18-22-32(23-19-29)38-31-20-16-28(17-21-31)27-10-4-2-5-11-27/h2-10,12-23,25-27,38H,11,24H2,1H3. The molecule has 39 heavy (non-hydrogen) atoms. The van der Waals surface area contributed by atoms with Gasteiger partial charge in [0.05, 0.1) is 5.52 Å². The van der Waals surface area contributed by atoms with Crippen LogP contribution < -0.4 is 5.32 Å². The van der Waals surface area contributed by atoms with Gasteiger partial charge in [0.25, 0.3) is 0 Å². The second-order valence-electron chi connectivity index (χ2n) is 10.7. The first-order valence-electron chi connectivity index (χ1n) is 13.9. The molecule has 190 valence electrons. The van der Waals surface area contributed by atoms with Crippen LogP contribution in [0.3, 0.4) is 0 Å². The van der Waals surface area contributed by atoms with Crippen LogP contribution in [0.2, 0.25) is 0 Å². The molecule has 0 amide bonds. The number of para-hydroxylation sites is 2. The van der Waals surface area contributed by atoms with Gasteiger partial charge in [-0.2, -0.15) is 0 Å². The van der Waals surface area contributed by atoms with E-state index in [2.05, 4.69) is 150 Å². The Hall–Kier alpha value is -4.56. The zero-order chi connectivity index (χ0) is 26.2. The third-order valence-electron chi connectivity index (χ3n) is 8.14. The van der Waals surface area contributed by atoms with E-state index in [1.165, 1.54) is 44.5 Å². The summed E-state index contributed by atoms with van der Waals surface area (Å²) in [7, 11) is 0. The second-order valence-corrected chi connectivity index (χ2v) is 10.7. The normalized spacial score (nSPS) is 18.1. The van der Waals surface area contributed by atoms with Crippen molar-refractivity contribution in [3.05, 3.63) is 150 Å². The van der Waals surface area contributed by atoms with Crippen molar-refractivity contribution in [2.24, 2.45) is 0 Å². The van der Waals surface area contributed by atoms with Gasteiger partial charge in [0, 0.05) is 45.5 Å². The van der Waals surface area contributed by atoms with Crippen LogP contribution in [0.1, 0.15) is 54.0 Å². The van der Waals surface area contributed by atoms with Crippen LogP contribution >= 0.6 is 0 Å². The predicted molar refractivity (Wildman–Crippen MR) is 166 cm³/mol. The molecule has 2 aliphatic carbocycles. The molecule has 2 heteroatoms.